The smallest absolute Gasteiger partial charge is 0.122 e. The van der Waals surface area contributed by atoms with Crippen molar-refractivity contribution in [2.24, 2.45) is 5.92 Å². The van der Waals surface area contributed by atoms with Crippen LogP contribution in [0.15, 0.2) is 36.4 Å². The highest BCUT2D eigenvalue weighted by Gasteiger charge is 2.36. The fraction of sp³-hybridized carbons (Fsp3) is 0.480. The molecule has 0 saturated carbocycles. The molecule has 1 unspecified atom stereocenters. The predicted molar refractivity (Wildman–Crippen MR) is 136 cm³/mol. The predicted octanol–water partition coefficient (Wildman–Crippen LogP) is 6.80. The van der Waals surface area contributed by atoms with Gasteiger partial charge < -0.3 is 14.4 Å². The second kappa shape index (κ2) is 13.2. The SMILES string of the molecule is COc1cc(OC)cc(C(C#N)(CCCN(C)CCc2ccc(Cl)c(Cl)c2)C(C)C)c1.Cl. The molecule has 0 saturated heterocycles. The van der Waals surface area contributed by atoms with Crippen LogP contribution in [0.1, 0.15) is 37.8 Å². The van der Waals surface area contributed by atoms with Gasteiger partial charge in [0.15, 0.2) is 0 Å². The van der Waals surface area contributed by atoms with Crippen molar-refractivity contribution in [3.8, 4) is 17.6 Å². The molecule has 7 heteroatoms. The third-order valence-corrected chi connectivity index (χ3v) is 6.67. The Hall–Kier alpha value is -1.64. The topological polar surface area (TPSA) is 45.5 Å². The monoisotopic (exact) mass is 498 g/mol. The molecule has 0 amide bonds. The van der Waals surface area contributed by atoms with Crippen molar-refractivity contribution in [2.75, 3.05) is 34.4 Å². The molecule has 0 heterocycles. The van der Waals surface area contributed by atoms with Crippen LogP contribution in [0.2, 0.25) is 10.0 Å². The van der Waals surface area contributed by atoms with Gasteiger partial charge >= 0.3 is 0 Å². The zero-order valence-corrected chi connectivity index (χ0v) is 21.8. The number of halogens is 3. The van der Waals surface area contributed by atoms with Crippen molar-refractivity contribution in [2.45, 2.75) is 38.5 Å². The molecule has 0 spiro atoms. The summed E-state index contributed by atoms with van der Waals surface area (Å²) >= 11 is 12.1. The Morgan fingerprint density at radius 2 is 1.62 bits per heavy atom. The Morgan fingerprint density at radius 1 is 1.00 bits per heavy atom. The Labute approximate surface area is 208 Å². The van der Waals surface area contributed by atoms with Gasteiger partial charge in [0.1, 0.15) is 11.5 Å². The second-order valence-electron chi connectivity index (χ2n) is 8.24. The van der Waals surface area contributed by atoms with Crippen LogP contribution in [0.3, 0.4) is 0 Å². The van der Waals surface area contributed by atoms with Crippen LogP contribution < -0.4 is 9.47 Å². The van der Waals surface area contributed by atoms with Crippen molar-refractivity contribution in [3.63, 3.8) is 0 Å². The van der Waals surface area contributed by atoms with E-state index in [2.05, 4.69) is 31.9 Å². The Balaban J connectivity index is 0.00000512. The number of nitriles is 1. The zero-order valence-electron chi connectivity index (χ0n) is 19.5. The average molecular weight is 500 g/mol. The molecule has 2 rings (SSSR count). The normalized spacial score (nSPS) is 12.8. The minimum atomic E-state index is -0.605. The molecule has 0 radical (unpaired) electrons. The lowest BCUT2D eigenvalue weighted by atomic mass is 9.69. The summed E-state index contributed by atoms with van der Waals surface area (Å²) in [4.78, 5) is 2.29. The highest BCUT2D eigenvalue weighted by atomic mass is 35.5. The van der Waals surface area contributed by atoms with Crippen LogP contribution in [-0.2, 0) is 11.8 Å². The standard InChI is InChI=1S/C25H32Cl2N2O2.ClH/c1-18(2)25(17-28,20-14-21(30-4)16-22(15-20)31-5)10-6-11-29(3)12-9-19-7-8-23(26)24(27)13-19;/h7-8,13-16,18H,6,9-12H2,1-5H3;1H. The van der Waals surface area contributed by atoms with Gasteiger partial charge in [0.2, 0.25) is 0 Å². The lowest BCUT2D eigenvalue weighted by Crippen LogP contribution is -2.32. The number of nitrogens with zero attached hydrogens (tertiary/aromatic N) is 2. The van der Waals surface area contributed by atoms with E-state index in [0.29, 0.717) is 21.5 Å². The molecule has 2 aromatic rings. The largest absolute Gasteiger partial charge is 0.497 e. The zero-order chi connectivity index (χ0) is 23.0. The van der Waals surface area contributed by atoms with E-state index in [1.807, 2.05) is 36.4 Å². The van der Waals surface area contributed by atoms with E-state index in [4.69, 9.17) is 32.7 Å². The van der Waals surface area contributed by atoms with Gasteiger partial charge in [-0.3, -0.25) is 0 Å². The summed E-state index contributed by atoms with van der Waals surface area (Å²) in [6, 6.07) is 14.1. The number of methoxy groups -OCH3 is 2. The molecule has 0 aliphatic carbocycles. The number of likely N-dealkylation sites (N-methyl/N-ethyl adjacent to an activating group) is 1. The minimum Gasteiger partial charge on any atom is -0.497 e. The number of hydrogen-bond acceptors (Lipinski definition) is 4. The molecule has 0 N–H and O–H groups in total. The first-order valence-electron chi connectivity index (χ1n) is 10.5. The van der Waals surface area contributed by atoms with E-state index in [9.17, 15) is 5.26 Å². The molecule has 0 fully saturated rings. The molecule has 0 aromatic heterocycles. The Bertz CT molecular complexity index is 892. The summed E-state index contributed by atoms with van der Waals surface area (Å²) in [5.74, 6) is 1.55. The van der Waals surface area contributed by atoms with Crippen LogP contribution in [0.4, 0.5) is 0 Å². The van der Waals surface area contributed by atoms with Crippen LogP contribution in [0.25, 0.3) is 0 Å². The van der Waals surface area contributed by atoms with Gasteiger partial charge in [0.05, 0.1) is 35.7 Å². The highest BCUT2D eigenvalue weighted by molar-refractivity contribution is 6.42. The molecule has 32 heavy (non-hydrogen) atoms. The van der Waals surface area contributed by atoms with E-state index >= 15 is 0 Å². The van der Waals surface area contributed by atoms with E-state index in [-0.39, 0.29) is 18.3 Å². The summed E-state index contributed by atoms with van der Waals surface area (Å²) in [7, 11) is 5.37. The average Bonchev–Trinajstić information content (AvgIpc) is 2.77. The van der Waals surface area contributed by atoms with E-state index in [0.717, 1.165) is 37.9 Å². The first-order chi connectivity index (χ1) is 14.7. The Kier molecular flexibility index (Phi) is 11.7. The van der Waals surface area contributed by atoms with Crippen LogP contribution in [-0.4, -0.2) is 39.3 Å². The van der Waals surface area contributed by atoms with Crippen LogP contribution in [0, 0.1) is 17.2 Å². The molecular weight excluding hydrogens is 467 g/mol. The number of rotatable bonds is 11. The summed E-state index contributed by atoms with van der Waals surface area (Å²) in [5.41, 5.74) is 1.50. The quantitative estimate of drug-likeness (QED) is 0.341. The van der Waals surface area contributed by atoms with Crippen LogP contribution in [0.5, 0.6) is 11.5 Å². The number of ether oxygens (including phenoxy) is 2. The lowest BCUT2D eigenvalue weighted by Gasteiger charge is -2.32. The van der Waals surface area contributed by atoms with Gasteiger partial charge in [-0.05, 0) is 74.2 Å². The maximum Gasteiger partial charge on any atom is 0.122 e. The number of benzene rings is 2. The minimum absolute atomic E-state index is 0. The molecule has 1 atom stereocenters. The van der Waals surface area contributed by atoms with Gasteiger partial charge in [0.25, 0.3) is 0 Å². The second-order valence-corrected chi connectivity index (χ2v) is 9.06. The maximum atomic E-state index is 10.2. The van der Waals surface area contributed by atoms with Crippen LogP contribution >= 0.6 is 35.6 Å². The maximum absolute atomic E-state index is 10.2. The lowest BCUT2D eigenvalue weighted by molar-refractivity contribution is 0.292. The van der Waals surface area contributed by atoms with Crippen molar-refractivity contribution < 1.29 is 9.47 Å². The summed E-state index contributed by atoms with van der Waals surface area (Å²) in [6.07, 6.45) is 2.56. The van der Waals surface area contributed by atoms with E-state index in [1.54, 1.807) is 14.2 Å². The molecule has 0 bridgehead atoms. The van der Waals surface area contributed by atoms with Gasteiger partial charge in [0, 0.05) is 12.6 Å². The van der Waals surface area contributed by atoms with Crippen molar-refractivity contribution >= 4 is 35.6 Å². The fourth-order valence-corrected chi connectivity index (χ4v) is 4.16. The van der Waals surface area contributed by atoms with Crippen molar-refractivity contribution in [1.82, 2.24) is 4.90 Å². The highest BCUT2D eigenvalue weighted by Crippen LogP contribution is 2.40. The fourth-order valence-electron chi connectivity index (χ4n) is 3.84. The first kappa shape index (κ1) is 28.4. The van der Waals surface area contributed by atoms with Gasteiger partial charge in [-0.1, -0.05) is 43.1 Å². The van der Waals surface area contributed by atoms with Gasteiger partial charge in [-0.25, -0.2) is 0 Å². The molecule has 2 aromatic carbocycles. The third kappa shape index (κ3) is 7.18. The molecular formula is C25H33Cl3N2O2. The van der Waals surface area contributed by atoms with E-state index < -0.39 is 5.41 Å². The number of hydrogen-bond donors (Lipinski definition) is 0. The van der Waals surface area contributed by atoms with Crippen molar-refractivity contribution in [3.05, 3.63) is 57.6 Å². The molecule has 0 aliphatic rings. The molecule has 176 valence electrons. The molecule has 0 aliphatic heterocycles. The molecule has 4 nitrogen and oxygen atoms in total. The first-order valence-corrected chi connectivity index (χ1v) is 11.3. The van der Waals surface area contributed by atoms with Gasteiger partial charge in [-0.15, -0.1) is 12.4 Å². The van der Waals surface area contributed by atoms with E-state index in [1.165, 1.54) is 5.56 Å². The summed E-state index contributed by atoms with van der Waals surface area (Å²) < 4.78 is 10.9. The third-order valence-electron chi connectivity index (χ3n) is 5.93. The summed E-state index contributed by atoms with van der Waals surface area (Å²) in [5, 5.41) is 11.4. The van der Waals surface area contributed by atoms with Crippen molar-refractivity contribution in [1.29, 1.82) is 5.26 Å². The Morgan fingerprint density at radius 3 is 2.12 bits per heavy atom. The summed E-state index contributed by atoms with van der Waals surface area (Å²) in [6.45, 7) is 6.01. The van der Waals surface area contributed by atoms with Gasteiger partial charge in [-0.2, -0.15) is 5.26 Å².